The maximum Gasteiger partial charge on any atom is 0.226 e. The van der Waals surface area contributed by atoms with Crippen LogP contribution in [0.4, 0.5) is 0 Å². The Hall–Kier alpha value is -2.76. The number of nitrogens with zero attached hydrogens (tertiary/aromatic N) is 2. The molecule has 4 rings (SSSR count). The molecule has 0 aliphatic carbocycles. The van der Waals surface area contributed by atoms with E-state index in [-0.39, 0.29) is 5.91 Å². The average Bonchev–Trinajstić information content (AvgIpc) is 3.34. The highest BCUT2D eigenvalue weighted by Gasteiger charge is 2.41. The lowest BCUT2D eigenvalue weighted by Crippen LogP contribution is -2.50. The minimum Gasteiger partial charge on any atom is -0.352 e. The summed E-state index contributed by atoms with van der Waals surface area (Å²) in [6.45, 7) is 8.91. The molecule has 1 aliphatic rings. The summed E-state index contributed by atoms with van der Waals surface area (Å²) in [6, 6.07) is 19.1. The van der Waals surface area contributed by atoms with E-state index in [9.17, 15) is 4.79 Å². The lowest BCUT2D eigenvalue weighted by Gasteiger charge is -2.41. The summed E-state index contributed by atoms with van der Waals surface area (Å²) >= 11 is 1.75. The number of hydrogen-bond donors (Lipinski definition) is 1. The first-order valence-electron chi connectivity index (χ1n) is 11.2. The number of amides is 1. The fourth-order valence-electron chi connectivity index (χ4n) is 4.56. The van der Waals surface area contributed by atoms with Gasteiger partial charge in [-0.1, -0.05) is 42.5 Å². The van der Waals surface area contributed by atoms with Crippen LogP contribution in [-0.4, -0.2) is 35.4 Å². The quantitative estimate of drug-likeness (QED) is 0.482. The van der Waals surface area contributed by atoms with Gasteiger partial charge in [0.15, 0.2) is 0 Å². The third kappa shape index (κ3) is 5.34. The number of aryl methyl sites for hydroxylation is 1. The van der Waals surface area contributed by atoms with E-state index in [1.54, 1.807) is 17.4 Å². The van der Waals surface area contributed by atoms with Crippen molar-refractivity contribution in [2.45, 2.75) is 32.7 Å². The van der Waals surface area contributed by atoms with Gasteiger partial charge in [0.25, 0.3) is 0 Å². The van der Waals surface area contributed by atoms with Gasteiger partial charge in [-0.05, 0) is 74.0 Å². The largest absolute Gasteiger partial charge is 0.352 e. The first-order chi connectivity index (χ1) is 15.6. The zero-order chi connectivity index (χ0) is 22.4. The second-order valence-electron chi connectivity index (χ2n) is 8.68. The van der Waals surface area contributed by atoms with Crippen LogP contribution >= 0.6 is 11.3 Å². The summed E-state index contributed by atoms with van der Waals surface area (Å²) in [5.41, 5.74) is 4.19. The van der Waals surface area contributed by atoms with Crippen LogP contribution in [0.1, 0.15) is 29.8 Å². The molecule has 0 radical (unpaired) electrons. The van der Waals surface area contributed by atoms with Crippen molar-refractivity contribution in [3.63, 3.8) is 0 Å². The normalized spacial score (nSPS) is 15.9. The van der Waals surface area contributed by atoms with E-state index < -0.39 is 5.41 Å². The van der Waals surface area contributed by atoms with Crippen LogP contribution < -0.4 is 5.32 Å². The fourth-order valence-corrected chi connectivity index (χ4v) is 5.28. The summed E-state index contributed by atoms with van der Waals surface area (Å²) in [7, 11) is 0. The number of carbonyl (C=O) groups excluding carboxylic acids is 1. The average molecular weight is 446 g/mol. The third-order valence-corrected chi connectivity index (χ3v) is 7.23. The zero-order valence-electron chi connectivity index (χ0n) is 18.7. The van der Waals surface area contributed by atoms with Crippen molar-refractivity contribution in [3.05, 3.63) is 89.6 Å². The number of carbonyl (C=O) groups is 1. The van der Waals surface area contributed by atoms with E-state index in [1.807, 2.05) is 13.0 Å². The maximum absolute atomic E-state index is 13.3. The molecule has 3 aromatic rings. The molecule has 4 nitrogen and oxygen atoms in total. The Morgan fingerprint density at radius 2 is 2.00 bits per heavy atom. The zero-order valence-corrected chi connectivity index (χ0v) is 19.5. The standard InChI is InChI=1S/C27H31N3OS/c1-3-14-28-26(31)27(19-22-8-5-9-23(18-22)25-11-6-17-32-25)12-15-30(16-13-27)20-24-10-4-7-21(2)29-24/h3-11,17-18H,1,12-16,19-20H2,2H3,(H,28,31). The lowest BCUT2D eigenvalue weighted by atomic mass is 9.72. The summed E-state index contributed by atoms with van der Waals surface area (Å²) in [5.74, 6) is 0.146. The van der Waals surface area contributed by atoms with Gasteiger partial charge in [0.2, 0.25) is 5.91 Å². The van der Waals surface area contributed by atoms with Crippen molar-refractivity contribution < 1.29 is 4.79 Å². The number of aromatic nitrogens is 1. The monoisotopic (exact) mass is 445 g/mol. The molecular weight excluding hydrogens is 414 g/mol. The molecule has 1 N–H and O–H groups in total. The second-order valence-corrected chi connectivity index (χ2v) is 9.63. The molecule has 0 spiro atoms. The number of thiophene rings is 1. The molecule has 0 atom stereocenters. The van der Waals surface area contributed by atoms with Gasteiger partial charge >= 0.3 is 0 Å². The Bertz CT molecular complexity index is 1050. The molecule has 166 valence electrons. The maximum atomic E-state index is 13.3. The van der Waals surface area contributed by atoms with E-state index >= 15 is 0 Å². The Morgan fingerprint density at radius 3 is 2.72 bits per heavy atom. The van der Waals surface area contributed by atoms with Crippen molar-refractivity contribution in [2.24, 2.45) is 5.41 Å². The van der Waals surface area contributed by atoms with Crippen LogP contribution in [0.5, 0.6) is 0 Å². The van der Waals surface area contributed by atoms with Crippen molar-refractivity contribution in [2.75, 3.05) is 19.6 Å². The van der Waals surface area contributed by atoms with Gasteiger partial charge in [-0.2, -0.15) is 0 Å². The Morgan fingerprint density at radius 1 is 1.19 bits per heavy atom. The lowest BCUT2D eigenvalue weighted by molar-refractivity contribution is -0.133. The molecule has 1 fully saturated rings. The molecule has 5 heteroatoms. The van der Waals surface area contributed by atoms with E-state index in [4.69, 9.17) is 0 Å². The molecule has 0 saturated carbocycles. The van der Waals surface area contributed by atoms with Crippen molar-refractivity contribution in [3.8, 4) is 10.4 Å². The van der Waals surface area contributed by atoms with Crippen molar-refractivity contribution in [1.82, 2.24) is 15.2 Å². The van der Waals surface area contributed by atoms with Gasteiger partial charge in [0.05, 0.1) is 11.1 Å². The second kappa shape index (κ2) is 10.2. The van der Waals surface area contributed by atoms with Crippen LogP contribution in [0.3, 0.4) is 0 Å². The summed E-state index contributed by atoms with van der Waals surface area (Å²) < 4.78 is 0. The summed E-state index contributed by atoms with van der Waals surface area (Å²) in [6.07, 6.45) is 4.18. The predicted molar refractivity (Wildman–Crippen MR) is 133 cm³/mol. The fraction of sp³-hybridized carbons (Fsp3) is 0.333. The number of rotatable bonds is 8. The molecular formula is C27H31N3OS. The highest BCUT2D eigenvalue weighted by molar-refractivity contribution is 7.13. The SMILES string of the molecule is C=CCNC(=O)C1(Cc2cccc(-c3cccs3)c2)CCN(Cc2cccc(C)n2)CC1. The van der Waals surface area contributed by atoms with Gasteiger partial charge in [-0.25, -0.2) is 0 Å². The number of benzene rings is 1. The van der Waals surface area contributed by atoms with Crippen LogP contribution in [0, 0.1) is 12.3 Å². The molecule has 0 bridgehead atoms. The topological polar surface area (TPSA) is 45.2 Å². The van der Waals surface area contributed by atoms with Crippen LogP contribution in [-0.2, 0) is 17.8 Å². The van der Waals surface area contributed by atoms with Crippen LogP contribution in [0.15, 0.2) is 72.6 Å². The Labute approximate surface area is 195 Å². The molecule has 1 aromatic carbocycles. The van der Waals surface area contributed by atoms with E-state index in [0.29, 0.717) is 6.54 Å². The minimum atomic E-state index is -0.395. The molecule has 0 unspecified atom stereocenters. The van der Waals surface area contributed by atoms with Crippen molar-refractivity contribution in [1.29, 1.82) is 0 Å². The van der Waals surface area contributed by atoms with Crippen LogP contribution in [0.25, 0.3) is 10.4 Å². The van der Waals surface area contributed by atoms with Crippen LogP contribution in [0.2, 0.25) is 0 Å². The number of nitrogens with one attached hydrogen (secondary N) is 1. The van der Waals surface area contributed by atoms with Gasteiger partial charge in [-0.3, -0.25) is 14.7 Å². The third-order valence-electron chi connectivity index (χ3n) is 6.31. The number of piperidine rings is 1. The Kier molecular flexibility index (Phi) is 7.18. The van der Waals surface area contributed by atoms with Gasteiger partial charge in [-0.15, -0.1) is 17.9 Å². The molecule has 3 heterocycles. The highest BCUT2D eigenvalue weighted by Crippen LogP contribution is 2.37. The minimum absolute atomic E-state index is 0.146. The summed E-state index contributed by atoms with van der Waals surface area (Å²) in [5, 5.41) is 5.19. The van der Waals surface area contributed by atoms with Gasteiger partial charge in [0.1, 0.15) is 0 Å². The van der Waals surface area contributed by atoms with Gasteiger partial charge < -0.3 is 5.32 Å². The smallest absolute Gasteiger partial charge is 0.226 e. The highest BCUT2D eigenvalue weighted by atomic mass is 32.1. The summed E-state index contributed by atoms with van der Waals surface area (Å²) in [4.78, 5) is 21.6. The molecule has 1 saturated heterocycles. The van der Waals surface area contributed by atoms with E-state index in [1.165, 1.54) is 16.0 Å². The first-order valence-corrected chi connectivity index (χ1v) is 12.1. The molecule has 2 aromatic heterocycles. The molecule has 32 heavy (non-hydrogen) atoms. The number of likely N-dealkylation sites (tertiary alicyclic amines) is 1. The number of pyridine rings is 1. The molecule has 1 aliphatic heterocycles. The Balaban J connectivity index is 1.50. The van der Waals surface area contributed by atoms with Crippen molar-refractivity contribution >= 4 is 17.2 Å². The van der Waals surface area contributed by atoms with Gasteiger partial charge in [0, 0.05) is 23.7 Å². The predicted octanol–water partition coefficient (Wildman–Crippen LogP) is 5.25. The molecule has 1 amide bonds. The van der Waals surface area contributed by atoms with E-state index in [0.717, 1.165) is 50.3 Å². The number of hydrogen-bond acceptors (Lipinski definition) is 4. The first kappa shape index (κ1) is 22.4. The van der Waals surface area contributed by atoms with E-state index in [2.05, 4.69) is 75.7 Å².